The van der Waals surface area contributed by atoms with Gasteiger partial charge in [-0.15, -0.1) is 0 Å². The predicted molar refractivity (Wildman–Crippen MR) is 104 cm³/mol. The molecule has 0 spiro atoms. The summed E-state index contributed by atoms with van der Waals surface area (Å²) in [5.41, 5.74) is 1.20. The van der Waals surface area contributed by atoms with Crippen molar-refractivity contribution >= 4 is 26.8 Å². The lowest BCUT2D eigenvalue weighted by Crippen LogP contribution is -2.15. The first-order chi connectivity index (χ1) is 13.9. The zero-order chi connectivity index (χ0) is 20.6. The number of benzene rings is 2. The second kappa shape index (κ2) is 7.21. The van der Waals surface area contributed by atoms with Crippen LogP contribution in [0.1, 0.15) is 11.1 Å². The Morgan fingerprint density at radius 2 is 2.10 bits per heavy atom. The van der Waals surface area contributed by atoms with Gasteiger partial charge >= 0.3 is 0 Å². The molecule has 0 saturated carbocycles. The Morgan fingerprint density at radius 3 is 2.83 bits per heavy atom. The third-order valence-electron chi connectivity index (χ3n) is 4.46. The Balaban J connectivity index is 1.74. The van der Waals surface area contributed by atoms with Crippen LogP contribution in [0.5, 0.6) is 5.75 Å². The topological polar surface area (TPSA) is 99.2 Å². The molecule has 0 aliphatic carbocycles. The number of nitrogens with zero attached hydrogens (tertiary/aromatic N) is 3. The number of ether oxygens (including phenoxy) is 1. The molecule has 1 N–H and O–H groups in total. The Kier molecular flexibility index (Phi) is 4.71. The molecule has 4 rings (SSSR count). The molecule has 0 atom stereocenters. The summed E-state index contributed by atoms with van der Waals surface area (Å²) >= 11 is 0. The van der Waals surface area contributed by atoms with Crippen LogP contribution in [-0.2, 0) is 16.6 Å². The first-order valence-corrected chi connectivity index (χ1v) is 10.1. The van der Waals surface area contributed by atoms with Gasteiger partial charge in [-0.1, -0.05) is 11.2 Å². The molecule has 0 amide bonds. The number of aromatic nitrogens is 3. The van der Waals surface area contributed by atoms with Gasteiger partial charge in [-0.05, 0) is 42.8 Å². The highest BCUT2D eigenvalue weighted by atomic mass is 32.2. The van der Waals surface area contributed by atoms with Crippen molar-refractivity contribution in [3.63, 3.8) is 0 Å². The van der Waals surface area contributed by atoms with Crippen LogP contribution in [0.2, 0.25) is 0 Å². The van der Waals surface area contributed by atoms with Gasteiger partial charge in [-0.3, -0.25) is 9.40 Å². The molecule has 4 aromatic rings. The molecule has 0 unspecified atom stereocenters. The van der Waals surface area contributed by atoms with Crippen LogP contribution in [0.3, 0.4) is 0 Å². The second-order valence-corrected chi connectivity index (χ2v) is 8.03. The molecule has 150 valence electrons. The van der Waals surface area contributed by atoms with Crippen molar-refractivity contribution in [1.29, 1.82) is 0 Å². The Labute approximate surface area is 165 Å². The molecule has 0 aliphatic heterocycles. The third kappa shape index (κ3) is 3.54. The van der Waals surface area contributed by atoms with Gasteiger partial charge in [-0.2, -0.15) is 5.10 Å². The zero-order valence-corrected chi connectivity index (χ0v) is 16.4. The number of nitrogens with one attached hydrogen (secondary N) is 1. The summed E-state index contributed by atoms with van der Waals surface area (Å²) in [7, 11) is -2.62. The van der Waals surface area contributed by atoms with E-state index in [2.05, 4.69) is 15.0 Å². The molecule has 0 fully saturated rings. The van der Waals surface area contributed by atoms with Crippen molar-refractivity contribution in [2.75, 3.05) is 11.8 Å². The number of hydrogen-bond acceptors (Lipinski definition) is 6. The summed E-state index contributed by atoms with van der Waals surface area (Å²) in [6, 6.07) is 9.15. The van der Waals surface area contributed by atoms with E-state index in [-0.39, 0.29) is 16.3 Å². The first-order valence-electron chi connectivity index (χ1n) is 8.60. The SMILES string of the molecule is COc1cc(Cn2cccn2)cc2onc(NS(=O)(=O)c3cccc(F)c3C)c12. The highest BCUT2D eigenvalue weighted by molar-refractivity contribution is 7.92. The first kappa shape index (κ1) is 18.9. The van der Waals surface area contributed by atoms with Gasteiger partial charge in [0.05, 0.1) is 18.6 Å². The lowest BCUT2D eigenvalue weighted by molar-refractivity contribution is 0.418. The molecular formula is C19H17FN4O4S. The van der Waals surface area contributed by atoms with E-state index in [1.54, 1.807) is 23.0 Å². The highest BCUT2D eigenvalue weighted by Crippen LogP contribution is 2.35. The Bertz CT molecular complexity index is 1280. The third-order valence-corrected chi connectivity index (χ3v) is 5.94. The number of hydrogen-bond donors (Lipinski definition) is 1. The summed E-state index contributed by atoms with van der Waals surface area (Å²) < 4.78 is 54.2. The summed E-state index contributed by atoms with van der Waals surface area (Å²) in [5, 5.41) is 8.37. The van der Waals surface area contributed by atoms with Gasteiger partial charge in [-0.25, -0.2) is 12.8 Å². The highest BCUT2D eigenvalue weighted by Gasteiger charge is 2.24. The second-order valence-electron chi connectivity index (χ2n) is 6.37. The van der Waals surface area contributed by atoms with Crippen molar-refractivity contribution in [3.05, 3.63) is 65.7 Å². The van der Waals surface area contributed by atoms with E-state index in [0.717, 1.165) is 5.56 Å². The fourth-order valence-electron chi connectivity index (χ4n) is 3.05. The van der Waals surface area contributed by atoms with E-state index in [9.17, 15) is 12.8 Å². The molecule has 29 heavy (non-hydrogen) atoms. The van der Waals surface area contributed by atoms with Gasteiger partial charge in [0.1, 0.15) is 17.0 Å². The lowest BCUT2D eigenvalue weighted by atomic mass is 10.1. The maximum absolute atomic E-state index is 13.8. The molecule has 8 nitrogen and oxygen atoms in total. The molecule has 0 bridgehead atoms. The van der Waals surface area contributed by atoms with Gasteiger partial charge in [0.25, 0.3) is 10.0 Å². The maximum Gasteiger partial charge on any atom is 0.263 e. The largest absolute Gasteiger partial charge is 0.496 e. The van der Waals surface area contributed by atoms with Crippen molar-refractivity contribution < 1.29 is 22.1 Å². The lowest BCUT2D eigenvalue weighted by Gasteiger charge is -2.10. The summed E-state index contributed by atoms with van der Waals surface area (Å²) in [5.74, 6) is -0.260. The van der Waals surface area contributed by atoms with Crippen LogP contribution in [0.4, 0.5) is 10.2 Å². The van der Waals surface area contributed by atoms with E-state index in [1.165, 1.54) is 32.2 Å². The molecule has 0 aliphatic rings. The maximum atomic E-state index is 13.8. The molecule has 10 heteroatoms. The van der Waals surface area contributed by atoms with Crippen molar-refractivity contribution in [1.82, 2.24) is 14.9 Å². The van der Waals surface area contributed by atoms with Gasteiger partial charge in [0, 0.05) is 18.0 Å². The number of fused-ring (bicyclic) bond motifs is 1. The molecule has 2 aromatic heterocycles. The minimum atomic E-state index is -4.09. The van der Waals surface area contributed by atoms with Crippen LogP contribution in [0.15, 0.2) is 58.2 Å². The quantitative estimate of drug-likeness (QED) is 0.518. The van der Waals surface area contributed by atoms with E-state index >= 15 is 0 Å². The van der Waals surface area contributed by atoms with Crippen LogP contribution >= 0.6 is 0 Å². The van der Waals surface area contributed by atoms with Gasteiger partial charge < -0.3 is 9.26 Å². The Morgan fingerprint density at radius 1 is 1.28 bits per heavy atom. The fraction of sp³-hybridized carbons (Fsp3) is 0.158. The van der Waals surface area contributed by atoms with E-state index in [4.69, 9.17) is 9.26 Å². The minimum absolute atomic E-state index is 0.0151. The fourth-order valence-corrected chi connectivity index (χ4v) is 4.32. The smallest absolute Gasteiger partial charge is 0.263 e. The van der Waals surface area contributed by atoms with Gasteiger partial charge in [0.2, 0.25) is 0 Å². The summed E-state index contributed by atoms with van der Waals surface area (Å²) in [4.78, 5) is -0.178. The standard InChI is InChI=1S/C19H17FN4O4S/c1-12-14(20)5-3-6-17(12)29(25,26)23-19-18-15(27-2)9-13(10-16(18)28-22-19)11-24-8-4-7-21-24/h3-10H,11H2,1-2H3,(H,22,23). The molecule has 2 aromatic carbocycles. The van der Waals surface area contributed by atoms with Crippen molar-refractivity contribution in [3.8, 4) is 5.75 Å². The van der Waals surface area contributed by atoms with E-state index < -0.39 is 15.8 Å². The minimum Gasteiger partial charge on any atom is -0.496 e. The number of sulfonamides is 1. The van der Waals surface area contributed by atoms with Crippen LogP contribution < -0.4 is 9.46 Å². The number of anilines is 1. The molecular weight excluding hydrogens is 399 g/mol. The average molecular weight is 416 g/mol. The van der Waals surface area contributed by atoms with E-state index in [1.807, 2.05) is 12.3 Å². The average Bonchev–Trinajstić information content (AvgIpc) is 3.33. The van der Waals surface area contributed by atoms with Crippen LogP contribution in [0.25, 0.3) is 11.0 Å². The number of rotatable bonds is 6. The van der Waals surface area contributed by atoms with Crippen molar-refractivity contribution in [2.24, 2.45) is 0 Å². The zero-order valence-electron chi connectivity index (χ0n) is 15.6. The normalized spacial score (nSPS) is 11.7. The molecule has 0 saturated heterocycles. The van der Waals surface area contributed by atoms with Gasteiger partial charge in [0.15, 0.2) is 11.4 Å². The van der Waals surface area contributed by atoms with Crippen molar-refractivity contribution in [2.45, 2.75) is 18.4 Å². The summed E-state index contributed by atoms with van der Waals surface area (Å²) in [6.07, 6.45) is 3.49. The number of halogens is 1. The monoisotopic (exact) mass is 416 g/mol. The predicted octanol–water partition coefficient (Wildman–Crippen LogP) is 3.33. The van der Waals surface area contributed by atoms with Crippen LogP contribution in [-0.4, -0.2) is 30.5 Å². The summed E-state index contributed by atoms with van der Waals surface area (Å²) in [6.45, 7) is 1.87. The Hall–Kier alpha value is -3.40. The molecule has 2 heterocycles. The van der Waals surface area contributed by atoms with E-state index in [0.29, 0.717) is 23.3 Å². The molecule has 0 radical (unpaired) electrons. The number of methoxy groups -OCH3 is 1. The van der Waals surface area contributed by atoms with Crippen LogP contribution in [0, 0.1) is 12.7 Å².